The summed E-state index contributed by atoms with van der Waals surface area (Å²) in [4.78, 5) is 59.5. The molecule has 4 heterocycles. The van der Waals surface area contributed by atoms with E-state index in [1.54, 1.807) is 14.2 Å². The molecule has 0 aromatic carbocycles. The van der Waals surface area contributed by atoms with E-state index >= 15 is 0 Å². The molecule has 0 bridgehead atoms. The molecule has 4 saturated carbocycles. The van der Waals surface area contributed by atoms with E-state index in [1.807, 2.05) is 4.90 Å². The Labute approximate surface area is 330 Å². The molecule has 2 N–H and O–H groups in total. The number of ether oxygens (including phenoxy) is 2. The Balaban J connectivity index is 0.000000156. The number of likely N-dealkylation sites (tertiary alicyclic amines) is 1. The van der Waals surface area contributed by atoms with Crippen molar-refractivity contribution in [2.24, 2.45) is 23.7 Å². The second kappa shape index (κ2) is 20.9. The fraction of sp³-hybridized carbons (Fsp3) is 0.905. The van der Waals surface area contributed by atoms with Gasteiger partial charge in [-0.25, -0.2) is 0 Å². The summed E-state index contributed by atoms with van der Waals surface area (Å²) < 4.78 is 10.5. The van der Waals surface area contributed by atoms with Crippen LogP contribution in [0.25, 0.3) is 0 Å². The van der Waals surface area contributed by atoms with Crippen LogP contribution in [0.1, 0.15) is 103 Å². The summed E-state index contributed by atoms with van der Waals surface area (Å²) in [6, 6.07) is 1.60. The van der Waals surface area contributed by atoms with Crippen LogP contribution in [-0.4, -0.2) is 170 Å². The van der Waals surface area contributed by atoms with Crippen molar-refractivity contribution in [3.63, 3.8) is 0 Å². The van der Waals surface area contributed by atoms with Gasteiger partial charge in [-0.15, -0.1) is 0 Å². The van der Waals surface area contributed by atoms with E-state index in [2.05, 4.69) is 24.9 Å². The molecule has 3 amide bonds. The molecule has 0 aromatic rings. The fourth-order valence-electron chi connectivity index (χ4n) is 9.69. The summed E-state index contributed by atoms with van der Waals surface area (Å²) in [7, 11) is 3.44. The highest BCUT2D eigenvalue weighted by atomic mass is 16.5. The summed E-state index contributed by atoms with van der Waals surface area (Å²) in [5, 5.41) is 11.8. The third kappa shape index (κ3) is 11.4. The average molecular weight is 773 g/mol. The Bertz CT molecular complexity index is 1240. The average Bonchev–Trinajstić information content (AvgIpc) is 3.51. The first-order valence-electron chi connectivity index (χ1n) is 22.1. The topological polar surface area (TPSA) is 135 Å². The Hall–Kier alpha value is -2.32. The molecular formula is C42H72N6O7. The van der Waals surface area contributed by atoms with Gasteiger partial charge in [0.25, 0.3) is 0 Å². The van der Waals surface area contributed by atoms with Crippen LogP contribution in [0, 0.1) is 23.7 Å². The minimum atomic E-state index is -0.653. The summed E-state index contributed by atoms with van der Waals surface area (Å²) in [6.45, 7) is 11.1. The molecule has 13 nitrogen and oxygen atoms in total. The number of nitrogens with one attached hydrogen (secondary N) is 1. The van der Waals surface area contributed by atoms with Crippen molar-refractivity contribution < 1.29 is 33.8 Å². The second-order valence-electron chi connectivity index (χ2n) is 17.7. The van der Waals surface area contributed by atoms with Crippen molar-refractivity contribution in [3.05, 3.63) is 0 Å². The van der Waals surface area contributed by atoms with Crippen molar-refractivity contribution in [2.45, 2.75) is 127 Å². The molecule has 0 aromatic heterocycles. The number of amides is 3. The van der Waals surface area contributed by atoms with Gasteiger partial charge in [0.15, 0.2) is 0 Å². The molecule has 0 unspecified atom stereocenters. The summed E-state index contributed by atoms with van der Waals surface area (Å²) in [6.07, 6.45) is 18.2. The number of hydrogen-bond acceptors (Lipinski definition) is 9. The molecule has 4 aliphatic heterocycles. The Kier molecular flexibility index (Phi) is 16.1. The molecule has 8 rings (SSSR count). The van der Waals surface area contributed by atoms with E-state index in [-0.39, 0.29) is 35.5 Å². The first-order valence-corrected chi connectivity index (χ1v) is 22.1. The van der Waals surface area contributed by atoms with Crippen LogP contribution < -0.4 is 5.32 Å². The molecule has 4 saturated heterocycles. The van der Waals surface area contributed by atoms with Gasteiger partial charge < -0.3 is 34.6 Å². The lowest BCUT2D eigenvalue weighted by Gasteiger charge is -2.43. The van der Waals surface area contributed by atoms with Crippen LogP contribution in [0.15, 0.2) is 0 Å². The van der Waals surface area contributed by atoms with Crippen molar-refractivity contribution in [1.29, 1.82) is 0 Å². The van der Waals surface area contributed by atoms with Crippen LogP contribution in [0.2, 0.25) is 0 Å². The molecule has 8 aliphatic rings. The number of hydrogen-bond donors (Lipinski definition) is 2. The maximum atomic E-state index is 12.9. The lowest BCUT2D eigenvalue weighted by molar-refractivity contribution is -0.152. The molecule has 4 aliphatic carbocycles. The molecule has 55 heavy (non-hydrogen) atoms. The number of aliphatic carboxylic acids is 1. The molecule has 312 valence electrons. The minimum Gasteiger partial charge on any atom is -0.481 e. The van der Waals surface area contributed by atoms with E-state index in [9.17, 15) is 19.2 Å². The van der Waals surface area contributed by atoms with Crippen molar-refractivity contribution in [2.75, 3.05) is 92.8 Å². The molecule has 8 fully saturated rings. The highest BCUT2D eigenvalue weighted by Gasteiger charge is 2.41. The Morgan fingerprint density at radius 3 is 1.29 bits per heavy atom. The first-order chi connectivity index (χ1) is 26.7. The summed E-state index contributed by atoms with van der Waals surface area (Å²) >= 11 is 0. The van der Waals surface area contributed by atoms with Gasteiger partial charge in [0.2, 0.25) is 17.7 Å². The largest absolute Gasteiger partial charge is 0.481 e. The van der Waals surface area contributed by atoms with Crippen molar-refractivity contribution >= 4 is 23.7 Å². The number of rotatable bonds is 8. The monoisotopic (exact) mass is 773 g/mol. The second-order valence-corrected chi connectivity index (χ2v) is 17.7. The Morgan fingerprint density at radius 1 is 0.473 bits per heavy atom. The fourth-order valence-corrected chi connectivity index (χ4v) is 9.69. The van der Waals surface area contributed by atoms with E-state index in [4.69, 9.17) is 14.6 Å². The van der Waals surface area contributed by atoms with E-state index in [0.717, 1.165) is 135 Å². The SMILES string of the molecule is COC1CCC(C(=O)N2CC(C(=O)N3CCCN(C4CCC4)CC3)C2)CC1.COC1CCC(C(=O)O)CC1.O=C(C1CNC1)N1CCCN(C2CCC2)CC1. The molecule has 0 spiro atoms. The van der Waals surface area contributed by atoms with Gasteiger partial charge in [-0.1, -0.05) is 12.8 Å². The van der Waals surface area contributed by atoms with Gasteiger partial charge in [0.1, 0.15) is 0 Å². The van der Waals surface area contributed by atoms with Crippen molar-refractivity contribution in [1.82, 2.24) is 29.8 Å². The van der Waals surface area contributed by atoms with Gasteiger partial charge >= 0.3 is 5.97 Å². The van der Waals surface area contributed by atoms with Crippen LogP contribution >= 0.6 is 0 Å². The number of carbonyl (C=O) groups is 4. The molecule has 0 atom stereocenters. The van der Waals surface area contributed by atoms with Gasteiger partial charge in [0.05, 0.1) is 30.0 Å². The molecule has 0 radical (unpaired) electrons. The van der Waals surface area contributed by atoms with Gasteiger partial charge in [0, 0.05) is 111 Å². The molecular weight excluding hydrogens is 700 g/mol. The van der Waals surface area contributed by atoms with Crippen molar-refractivity contribution in [3.8, 4) is 0 Å². The minimum absolute atomic E-state index is 0.0273. The first kappa shape index (κ1) is 42.3. The highest BCUT2D eigenvalue weighted by Crippen LogP contribution is 2.31. The van der Waals surface area contributed by atoms with E-state index in [1.165, 1.54) is 45.1 Å². The quantitative estimate of drug-likeness (QED) is 0.379. The maximum absolute atomic E-state index is 12.9. The zero-order valence-corrected chi connectivity index (χ0v) is 34.1. The normalized spacial score (nSPS) is 30.4. The van der Waals surface area contributed by atoms with E-state index < -0.39 is 5.97 Å². The van der Waals surface area contributed by atoms with Gasteiger partial charge in [-0.05, 0) is 89.9 Å². The number of methoxy groups -OCH3 is 2. The zero-order valence-electron chi connectivity index (χ0n) is 34.1. The number of carboxylic acid groups (broad SMARTS) is 1. The highest BCUT2D eigenvalue weighted by molar-refractivity contribution is 5.85. The number of carboxylic acids is 1. The number of carbonyl (C=O) groups excluding carboxylic acids is 3. The van der Waals surface area contributed by atoms with Crippen LogP contribution in [0.3, 0.4) is 0 Å². The van der Waals surface area contributed by atoms with Crippen LogP contribution in [0.4, 0.5) is 0 Å². The van der Waals surface area contributed by atoms with Crippen LogP contribution in [-0.2, 0) is 28.7 Å². The zero-order chi connectivity index (χ0) is 38.7. The summed E-state index contributed by atoms with van der Waals surface area (Å²) in [5.74, 6) is 0.588. The summed E-state index contributed by atoms with van der Waals surface area (Å²) in [5.41, 5.74) is 0. The van der Waals surface area contributed by atoms with E-state index in [0.29, 0.717) is 31.2 Å². The lowest BCUT2D eigenvalue weighted by Crippen LogP contribution is -2.58. The third-order valence-corrected chi connectivity index (χ3v) is 14.3. The predicted molar refractivity (Wildman–Crippen MR) is 210 cm³/mol. The molecule has 13 heteroatoms. The number of nitrogens with zero attached hydrogens (tertiary/aromatic N) is 5. The smallest absolute Gasteiger partial charge is 0.306 e. The Morgan fingerprint density at radius 2 is 0.909 bits per heavy atom. The van der Waals surface area contributed by atoms with Gasteiger partial charge in [-0.3, -0.25) is 29.0 Å². The lowest BCUT2D eigenvalue weighted by atomic mass is 9.85. The standard InChI is InChI=1S/C21H35N3O3.C13H23N3O.C8H14O3/c1-27-19-8-6-16(7-9-19)20(25)24-14-17(15-24)21(26)23-11-3-10-22(12-13-23)18-4-2-5-18;17-13(11-9-14-10-11)16-6-2-5-15(7-8-16)12-3-1-4-12;1-11-7-4-2-6(3-5-7)8(9)10/h16-19H,2-15H2,1H3;11-12,14H,1-10H2;6-7H,2-5H2,1H3,(H,9,10). The predicted octanol–water partition coefficient (Wildman–Crippen LogP) is 3.31. The third-order valence-electron chi connectivity index (χ3n) is 14.3. The van der Waals surface area contributed by atoms with Crippen LogP contribution in [0.5, 0.6) is 0 Å². The van der Waals surface area contributed by atoms with Gasteiger partial charge in [-0.2, -0.15) is 0 Å². The maximum Gasteiger partial charge on any atom is 0.306 e.